The van der Waals surface area contributed by atoms with Crippen molar-refractivity contribution in [2.24, 2.45) is 0 Å². The fourth-order valence-electron chi connectivity index (χ4n) is 2.49. The maximum absolute atomic E-state index is 11.9. The van der Waals surface area contributed by atoms with Gasteiger partial charge in [-0.25, -0.2) is 4.79 Å². The summed E-state index contributed by atoms with van der Waals surface area (Å²) in [7, 11) is 0. The van der Waals surface area contributed by atoms with Crippen LogP contribution in [-0.2, 0) is 15.9 Å². The second-order valence-corrected chi connectivity index (χ2v) is 5.85. The van der Waals surface area contributed by atoms with Gasteiger partial charge in [-0.2, -0.15) is 0 Å². The molecule has 0 unspecified atom stereocenters. The first-order valence-corrected chi connectivity index (χ1v) is 8.66. The average Bonchev–Trinajstić information content (AvgIpc) is 2.69. The normalized spacial score (nSPS) is 16.7. The number of carbonyl (C=O) groups is 1. The summed E-state index contributed by atoms with van der Waals surface area (Å²) < 4.78 is 16.5. The molecule has 1 atom stereocenters. The molecule has 2 heterocycles. The lowest BCUT2D eigenvalue weighted by Gasteiger charge is -2.23. The molecular weight excluding hydrogens is 334 g/mol. The number of amides is 2. The van der Waals surface area contributed by atoms with E-state index in [1.807, 2.05) is 30.3 Å². The number of nitrogens with one attached hydrogen (secondary N) is 2. The fourth-order valence-corrected chi connectivity index (χ4v) is 2.49. The van der Waals surface area contributed by atoms with Gasteiger partial charge < -0.3 is 24.8 Å². The SMILES string of the molecule is O=C(NC[C@H]1COCCO1)Nc1ccc(OCCc2ccccn2)cc1. The maximum Gasteiger partial charge on any atom is 0.319 e. The molecule has 3 rings (SSSR count). The van der Waals surface area contributed by atoms with Crippen molar-refractivity contribution >= 4 is 11.7 Å². The highest BCUT2D eigenvalue weighted by Crippen LogP contribution is 2.16. The Morgan fingerprint density at radius 1 is 1.19 bits per heavy atom. The molecule has 1 saturated heterocycles. The molecule has 138 valence electrons. The zero-order valence-electron chi connectivity index (χ0n) is 14.5. The predicted molar refractivity (Wildman–Crippen MR) is 97.5 cm³/mol. The molecule has 26 heavy (non-hydrogen) atoms. The fraction of sp³-hybridized carbons (Fsp3) is 0.368. The highest BCUT2D eigenvalue weighted by molar-refractivity contribution is 5.89. The van der Waals surface area contributed by atoms with Crippen LogP contribution in [0.25, 0.3) is 0 Å². The summed E-state index contributed by atoms with van der Waals surface area (Å²) in [6.07, 6.45) is 2.43. The summed E-state index contributed by atoms with van der Waals surface area (Å²) in [5, 5.41) is 5.55. The van der Waals surface area contributed by atoms with Crippen LogP contribution in [0.15, 0.2) is 48.7 Å². The van der Waals surface area contributed by atoms with E-state index in [4.69, 9.17) is 14.2 Å². The van der Waals surface area contributed by atoms with Gasteiger partial charge in [0.2, 0.25) is 0 Å². The monoisotopic (exact) mass is 357 g/mol. The molecule has 7 nitrogen and oxygen atoms in total. The lowest BCUT2D eigenvalue weighted by molar-refractivity contribution is -0.0852. The number of hydrogen-bond acceptors (Lipinski definition) is 5. The van der Waals surface area contributed by atoms with E-state index in [1.165, 1.54) is 0 Å². The Kier molecular flexibility index (Phi) is 6.80. The van der Waals surface area contributed by atoms with Gasteiger partial charge in [-0.1, -0.05) is 6.07 Å². The molecule has 1 aromatic carbocycles. The Bertz CT molecular complexity index is 673. The van der Waals surface area contributed by atoms with E-state index in [9.17, 15) is 4.79 Å². The van der Waals surface area contributed by atoms with Crippen molar-refractivity contribution in [3.05, 3.63) is 54.4 Å². The van der Waals surface area contributed by atoms with Gasteiger partial charge in [0.25, 0.3) is 0 Å². The number of carbonyl (C=O) groups excluding carboxylic acids is 1. The molecule has 0 saturated carbocycles. The Morgan fingerprint density at radius 3 is 2.81 bits per heavy atom. The van der Waals surface area contributed by atoms with Gasteiger partial charge in [-0.05, 0) is 36.4 Å². The first kappa shape index (κ1) is 18.2. The highest BCUT2D eigenvalue weighted by Gasteiger charge is 2.15. The van der Waals surface area contributed by atoms with Gasteiger partial charge in [-0.3, -0.25) is 4.98 Å². The number of anilines is 1. The van der Waals surface area contributed by atoms with Crippen LogP contribution in [0.4, 0.5) is 10.5 Å². The molecule has 2 aromatic rings. The number of nitrogens with zero attached hydrogens (tertiary/aromatic N) is 1. The van der Waals surface area contributed by atoms with Gasteiger partial charge in [0.1, 0.15) is 5.75 Å². The molecule has 7 heteroatoms. The van der Waals surface area contributed by atoms with Gasteiger partial charge in [0.05, 0.1) is 32.5 Å². The first-order chi connectivity index (χ1) is 12.8. The van der Waals surface area contributed by atoms with E-state index in [1.54, 1.807) is 18.3 Å². The van der Waals surface area contributed by atoms with E-state index in [0.29, 0.717) is 38.7 Å². The zero-order chi connectivity index (χ0) is 18.0. The van der Waals surface area contributed by atoms with Crippen molar-refractivity contribution in [2.45, 2.75) is 12.5 Å². The molecule has 0 aliphatic carbocycles. The number of aromatic nitrogens is 1. The Labute approximate surface area is 152 Å². The smallest absolute Gasteiger partial charge is 0.319 e. The number of rotatable bonds is 7. The summed E-state index contributed by atoms with van der Waals surface area (Å²) in [6.45, 7) is 2.65. The first-order valence-electron chi connectivity index (χ1n) is 8.66. The third-order valence-electron chi connectivity index (χ3n) is 3.84. The van der Waals surface area contributed by atoms with Crippen molar-refractivity contribution < 1.29 is 19.0 Å². The number of urea groups is 1. The minimum atomic E-state index is -0.275. The number of hydrogen-bond donors (Lipinski definition) is 2. The van der Waals surface area contributed by atoms with Crippen LogP contribution in [0.3, 0.4) is 0 Å². The summed E-state index contributed by atoms with van der Waals surface area (Å²) in [5.74, 6) is 0.750. The number of benzene rings is 1. The minimum absolute atomic E-state index is 0.0932. The molecule has 0 radical (unpaired) electrons. The van der Waals surface area contributed by atoms with Crippen molar-refractivity contribution in [3.8, 4) is 5.75 Å². The molecule has 2 N–H and O–H groups in total. The van der Waals surface area contributed by atoms with E-state index in [2.05, 4.69) is 15.6 Å². The standard InChI is InChI=1S/C19H23N3O4/c23-19(21-13-18-14-24-11-12-26-18)22-16-4-6-17(7-5-16)25-10-8-15-3-1-2-9-20-15/h1-7,9,18H,8,10-14H2,(H2,21,22,23)/t18-/m0/s1. The van der Waals surface area contributed by atoms with Crippen LogP contribution in [0.5, 0.6) is 5.75 Å². The third-order valence-corrected chi connectivity index (χ3v) is 3.84. The molecule has 1 aromatic heterocycles. The predicted octanol–water partition coefficient (Wildman–Crippen LogP) is 2.24. The van der Waals surface area contributed by atoms with E-state index in [0.717, 1.165) is 17.9 Å². The van der Waals surface area contributed by atoms with Crippen LogP contribution in [0.1, 0.15) is 5.69 Å². The summed E-state index contributed by atoms with van der Waals surface area (Å²) in [5.41, 5.74) is 1.69. The third kappa shape index (κ3) is 6.02. The van der Waals surface area contributed by atoms with Crippen LogP contribution in [-0.4, -0.2) is 50.1 Å². The van der Waals surface area contributed by atoms with Gasteiger partial charge in [0.15, 0.2) is 0 Å². The quantitative estimate of drug-likeness (QED) is 0.794. The Morgan fingerprint density at radius 2 is 2.08 bits per heavy atom. The summed E-state index contributed by atoms with van der Waals surface area (Å²) in [6, 6.07) is 12.8. The molecule has 0 spiro atoms. The average molecular weight is 357 g/mol. The van der Waals surface area contributed by atoms with Gasteiger partial charge >= 0.3 is 6.03 Å². The molecule has 1 aliphatic heterocycles. The molecule has 1 aliphatic rings. The van der Waals surface area contributed by atoms with Crippen molar-refractivity contribution in [1.29, 1.82) is 0 Å². The summed E-state index contributed by atoms with van der Waals surface area (Å²) in [4.78, 5) is 16.2. The maximum atomic E-state index is 11.9. The Balaban J connectivity index is 1.37. The topological polar surface area (TPSA) is 81.7 Å². The van der Waals surface area contributed by atoms with Gasteiger partial charge in [0, 0.05) is 30.5 Å². The largest absolute Gasteiger partial charge is 0.493 e. The van der Waals surface area contributed by atoms with Crippen molar-refractivity contribution in [1.82, 2.24) is 10.3 Å². The minimum Gasteiger partial charge on any atom is -0.493 e. The summed E-state index contributed by atoms with van der Waals surface area (Å²) >= 11 is 0. The second kappa shape index (κ2) is 9.74. The number of pyridine rings is 1. The van der Waals surface area contributed by atoms with Crippen LogP contribution in [0, 0.1) is 0 Å². The van der Waals surface area contributed by atoms with Gasteiger partial charge in [-0.15, -0.1) is 0 Å². The van der Waals surface area contributed by atoms with E-state index >= 15 is 0 Å². The van der Waals surface area contributed by atoms with Crippen LogP contribution in [0.2, 0.25) is 0 Å². The van der Waals surface area contributed by atoms with E-state index < -0.39 is 0 Å². The zero-order valence-corrected chi connectivity index (χ0v) is 14.5. The second-order valence-electron chi connectivity index (χ2n) is 5.85. The lowest BCUT2D eigenvalue weighted by atomic mass is 10.3. The van der Waals surface area contributed by atoms with Crippen molar-refractivity contribution in [3.63, 3.8) is 0 Å². The van der Waals surface area contributed by atoms with Crippen molar-refractivity contribution in [2.75, 3.05) is 38.3 Å². The number of ether oxygens (including phenoxy) is 3. The van der Waals surface area contributed by atoms with Crippen LogP contribution >= 0.6 is 0 Å². The lowest BCUT2D eigenvalue weighted by Crippen LogP contribution is -2.41. The molecule has 2 amide bonds. The Hall–Kier alpha value is -2.64. The van der Waals surface area contributed by atoms with Crippen LogP contribution < -0.4 is 15.4 Å². The highest BCUT2D eigenvalue weighted by atomic mass is 16.6. The molecule has 1 fully saturated rings. The molecule has 0 bridgehead atoms. The van der Waals surface area contributed by atoms with E-state index in [-0.39, 0.29) is 12.1 Å². The molecular formula is C19H23N3O4.